The monoisotopic (exact) mass is 364 g/mol. The third-order valence-corrected chi connectivity index (χ3v) is 14.8. The first-order chi connectivity index (χ1) is 12.8. The molecule has 0 aromatic carbocycles. The van der Waals surface area contributed by atoms with E-state index in [-0.39, 0.29) is 0 Å². The van der Waals surface area contributed by atoms with Crippen molar-refractivity contribution in [3.8, 4) is 0 Å². The lowest BCUT2D eigenvalue weighted by Gasteiger charge is -2.47. The summed E-state index contributed by atoms with van der Waals surface area (Å²) in [4.78, 5) is 0. The zero-order valence-corrected chi connectivity index (χ0v) is 17.7. The molecule has 5 aliphatic carbocycles. The summed E-state index contributed by atoms with van der Waals surface area (Å²) in [6.45, 7) is 2.85. The smallest absolute Gasteiger partial charge is 0.0759 e. The lowest BCUT2D eigenvalue weighted by molar-refractivity contribution is 0.659. The second-order valence-corrected chi connectivity index (χ2v) is 14.6. The molecule has 0 saturated carbocycles. The SMILES string of the molecule is C[Si](C1C=CCC=C1)([C@H]1CCC2=C1CCCC2)[C@H]1CCC2=C1CCCC2. The summed E-state index contributed by atoms with van der Waals surface area (Å²) in [6, 6.07) is 0. The zero-order valence-electron chi connectivity index (χ0n) is 16.7. The maximum Gasteiger partial charge on any atom is 0.0759 e. The van der Waals surface area contributed by atoms with Gasteiger partial charge in [-0.25, -0.2) is 0 Å². The molecule has 140 valence electrons. The quantitative estimate of drug-likeness (QED) is 0.351. The average molecular weight is 365 g/mol. The van der Waals surface area contributed by atoms with Crippen LogP contribution in [0.25, 0.3) is 0 Å². The van der Waals surface area contributed by atoms with Crippen LogP contribution in [0.2, 0.25) is 23.2 Å². The second-order valence-electron chi connectivity index (χ2n) is 9.84. The predicted octanol–water partition coefficient (Wildman–Crippen LogP) is 8.02. The molecule has 0 bridgehead atoms. The van der Waals surface area contributed by atoms with Crippen LogP contribution in [-0.4, -0.2) is 8.07 Å². The van der Waals surface area contributed by atoms with Crippen molar-refractivity contribution in [2.75, 3.05) is 0 Å². The van der Waals surface area contributed by atoms with E-state index in [4.69, 9.17) is 0 Å². The van der Waals surface area contributed by atoms with Crippen molar-refractivity contribution >= 4 is 8.07 Å². The molecule has 26 heavy (non-hydrogen) atoms. The molecule has 0 fully saturated rings. The van der Waals surface area contributed by atoms with Crippen molar-refractivity contribution in [2.24, 2.45) is 0 Å². The van der Waals surface area contributed by atoms with Crippen LogP contribution in [0.4, 0.5) is 0 Å². The fourth-order valence-corrected chi connectivity index (χ4v) is 13.7. The van der Waals surface area contributed by atoms with Crippen LogP contribution in [0.1, 0.15) is 83.5 Å². The Morgan fingerprint density at radius 2 is 1.19 bits per heavy atom. The molecule has 0 N–H and O–H groups in total. The molecule has 0 radical (unpaired) electrons. The van der Waals surface area contributed by atoms with Gasteiger partial charge in [0.25, 0.3) is 0 Å². The third-order valence-electron chi connectivity index (χ3n) is 8.75. The largest absolute Gasteiger partial charge is 0.0844 e. The molecule has 5 aliphatic rings. The van der Waals surface area contributed by atoms with E-state index in [9.17, 15) is 0 Å². The Morgan fingerprint density at radius 1 is 0.692 bits per heavy atom. The normalized spacial score (nSPS) is 32.3. The Morgan fingerprint density at radius 3 is 1.73 bits per heavy atom. The summed E-state index contributed by atoms with van der Waals surface area (Å²) in [6.07, 6.45) is 28.9. The molecular weight excluding hydrogens is 328 g/mol. The topological polar surface area (TPSA) is 0 Å². The van der Waals surface area contributed by atoms with E-state index in [1.807, 2.05) is 22.3 Å². The van der Waals surface area contributed by atoms with Crippen molar-refractivity contribution < 1.29 is 0 Å². The van der Waals surface area contributed by atoms with Gasteiger partial charge in [-0.3, -0.25) is 0 Å². The fraction of sp³-hybridized carbons (Fsp3) is 0.680. The minimum Gasteiger partial charge on any atom is -0.0844 e. The fourth-order valence-electron chi connectivity index (χ4n) is 7.47. The van der Waals surface area contributed by atoms with Crippen LogP contribution in [-0.2, 0) is 0 Å². The second kappa shape index (κ2) is 6.97. The number of hydrogen-bond acceptors (Lipinski definition) is 0. The molecule has 0 aliphatic heterocycles. The van der Waals surface area contributed by atoms with E-state index in [1.165, 1.54) is 77.0 Å². The highest BCUT2D eigenvalue weighted by Crippen LogP contribution is 2.62. The van der Waals surface area contributed by atoms with E-state index in [0.29, 0.717) is 0 Å². The van der Waals surface area contributed by atoms with Gasteiger partial charge >= 0.3 is 0 Å². The lowest BCUT2D eigenvalue weighted by Crippen LogP contribution is -2.46. The Balaban J connectivity index is 1.57. The van der Waals surface area contributed by atoms with Crippen LogP contribution in [0.5, 0.6) is 0 Å². The van der Waals surface area contributed by atoms with E-state index < -0.39 is 8.07 Å². The molecule has 0 saturated heterocycles. The summed E-state index contributed by atoms with van der Waals surface area (Å²) >= 11 is 0. The van der Waals surface area contributed by atoms with Gasteiger partial charge in [0.05, 0.1) is 8.07 Å². The van der Waals surface area contributed by atoms with Crippen LogP contribution in [0.3, 0.4) is 0 Å². The molecular formula is C25H36Si. The Kier molecular flexibility index (Phi) is 4.63. The molecule has 5 rings (SSSR count). The summed E-state index contributed by atoms with van der Waals surface area (Å²) in [5, 5.41) is 0. The minimum atomic E-state index is -1.49. The molecule has 0 unspecified atom stereocenters. The first-order valence-corrected chi connectivity index (χ1v) is 14.3. The molecule has 1 heteroatoms. The first kappa shape index (κ1) is 17.3. The summed E-state index contributed by atoms with van der Waals surface area (Å²) < 4.78 is 0. The third kappa shape index (κ3) is 2.68. The standard InChI is InChI=1S/C25H36Si/c1-26(21-11-3-2-4-12-21,24-17-15-19-9-5-7-13-22(19)24)25-18-16-20-10-6-8-14-23(20)25/h3-4,11-12,21,24-25H,2,5-10,13-18H2,1H3/t24-,25-/m0/s1. The van der Waals surface area contributed by atoms with Gasteiger partial charge < -0.3 is 0 Å². The highest BCUT2D eigenvalue weighted by Gasteiger charge is 2.53. The Bertz CT molecular complexity index is 635. The van der Waals surface area contributed by atoms with Gasteiger partial charge in [0.1, 0.15) is 0 Å². The maximum atomic E-state index is 2.85. The summed E-state index contributed by atoms with van der Waals surface area (Å²) in [7, 11) is -1.49. The first-order valence-electron chi connectivity index (χ1n) is 11.5. The molecule has 0 nitrogen and oxygen atoms in total. The Labute approximate surface area is 161 Å². The van der Waals surface area contributed by atoms with Crippen LogP contribution >= 0.6 is 0 Å². The summed E-state index contributed by atoms with van der Waals surface area (Å²) in [5.74, 6) is 0. The van der Waals surface area contributed by atoms with Crippen molar-refractivity contribution in [1.82, 2.24) is 0 Å². The zero-order chi connectivity index (χ0) is 17.6. The lowest BCUT2D eigenvalue weighted by atomic mass is 9.94. The van der Waals surface area contributed by atoms with E-state index in [0.717, 1.165) is 23.0 Å². The molecule has 0 aromatic heterocycles. The van der Waals surface area contributed by atoms with Gasteiger partial charge in [0, 0.05) is 0 Å². The number of rotatable bonds is 3. The van der Waals surface area contributed by atoms with Gasteiger partial charge in [0.2, 0.25) is 0 Å². The number of hydrogen-bond donors (Lipinski definition) is 0. The highest BCUT2D eigenvalue weighted by atomic mass is 28.3. The minimum absolute atomic E-state index is 0.786. The maximum absolute atomic E-state index is 2.85. The van der Waals surface area contributed by atoms with Gasteiger partial charge in [-0.2, -0.15) is 0 Å². The molecule has 0 amide bonds. The Hall–Kier alpha value is -0.823. The predicted molar refractivity (Wildman–Crippen MR) is 115 cm³/mol. The molecule has 2 atom stereocenters. The molecule has 0 heterocycles. The van der Waals surface area contributed by atoms with E-state index >= 15 is 0 Å². The molecule has 0 spiro atoms. The van der Waals surface area contributed by atoms with Crippen molar-refractivity contribution in [1.29, 1.82) is 0 Å². The van der Waals surface area contributed by atoms with Gasteiger partial charge in [-0.05, 0) is 100 Å². The van der Waals surface area contributed by atoms with Crippen molar-refractivity contribution in [3.05, 3.63) is 46.6 Å². The van der Waals surface area contributed by atoms with Crippen LogP contribution in [0.15, 0.2) is 46.6 Å². The van der Waals surface area contributed by atoms with Gasteiger partial charge in [-0.1, -0.05) is 53.1 Å². The van der Waals surface area contributed by atoms with E-state index in [2.05, 4.69) is 30.9 Å². The van der Waals surface area contributed by atoms with Crippen LogP contribution < -0.4 is 0 Å². The van der Waals surface area contributed by atoms with Gasteiger partial charge in [0.15, 0.2) is 0 Å². The van der Waals surface area contributed by atoms with E-state index in [1.54, 1.807) is 0 Å². The van der Waals surface area contributed by atoms with Crippen molar-refractivity contribution in [3.63, 3.8) is 0 Å². The van der Waals surface area contributed by atoms with Crippen LogP contribution in [0, 0.1) is 0 Å². The molecule has 0 aromatic rings. The van der Waals surface area contributed by atoms with Gasteiger partial charge in [-0.15, -0.1) is 0 Å². The summed E-state index contributed by atoms with van der Waals surface area (Å²) in [5.41, 5.74) is 10.6. The van der Waals surface area contributed by atoms with Crippen molar-refractivity contribution in [2.45, 2.75) is 107 Å². The number of allylic oxidation sites excluding steroid dienone is 8. The average Bonchev–Trinajstić information content (AvgIpc) is 3.33. The highest BCUT2D eigenvalue weighted by molar-refractivity contribution is 6.85.